The number of oxazole rings is 1. The van der Waals surface area contributed by atoms with Gasteiger partial charge < -0.3 is 19.8 Å². The summed E-state index contributed by atoms with van der Waals surface area (Å²) in [5, 5.41) is 1.99. The monoisotopic (exact) mass is 363 g/mol. The van der Waals surface area contributed by atoms with Gasteiger partial charge in [0.2, 0.25) is 11.8 Å². The van der Waals surface area contributed by atoms with Gasteiger partial charge in [0, 0.05) is 19.7 Å². The molecule has 0 radical (unpaired) electrons. The van der Waals surface area contributed by atoms with Crippen molar-refractivity contribution in [2.45, 2.75) is 38.7 Å². The lowest BCUT2D eigenvalue weighted by atomic mass is 10.1. The molecule has 2 aromatic heterocycles. The molecule has 1 amide bonds. The van der Waals surface area contributed by atoms with E-state index in [4.69, 9.17) is 14.9 Å². The molecule has 3 heterocycles. The van der Waals surface area contributed by atoms with Crippen LogP contribution in [-0.2, 0) is 16.0 Å². The van der Waals surface area contributed by atoms with E-state index in [1.54, 1.807) is 11.3 Å². The van der Waals surface area contributed by atoms with Crippen LogP contribution in [0.4, 0.5) is 0 Å². The fourth-order valence-corrected chi connectivity index (χ4v) is 3.61. The van der Waals surface area contributed by atoms with Crippen molar-refractivity contribution in [2.75, 3.05) is 26.2 Å². The zero-order chi connectivity index (χ0) is 17.6. The number of carbonyl (C=O) groups is 1. The van der Waals surface area contributed by atoms with Gasteiger partial charge in [-0.1, -0.05) is 6.07 Å². The molecular weight excluding hydrogens is 338 g/mol. The first-order chi connectivity index (χ1) is 12.2. The molecule has 0 saturated carbocycles. The van der Waals surface area contributed by atoms with Crippen LogP contribution in [-0.4, -0.2) is 48.1 Å². The summed E-state index contributed by atoms with van der Waals surface area (Å²) < 4.78 is 11.5. The van der Waals surface area contributed by atoms with Crippen LogP contribution in [0.15, 0.2) is 21.9 Å². The van der Waals surface area contributed by atoms with E-state index in [1.807, 2.05) is 29.3 Å². The van der Waals surface area contributed by atoms with Gasteiger partial charge in [0.25, 0.3) is 0 Å². The Morgan fingerprint density at radius 1 is 1.48 bits per heavy atom. The average molecular weight is 363 g/mol. The number of amides is 1. The molecule has 0 atom stereocenters. The van der Waals surface area contributed by atoms with Crippen LogP contribution in [0, 0.1) is 6.92 Å². The molecule has 0 aliphatic carbocycles. The standard InChI is InChI=1S/C18H25N3O3S/c1-13-15(20-18(24-13)16-4-2-11-25-16)12-17(22)21-8-5-14(6-9-21)23-10-3-7-19/h2,4,11,14H,3,5-10,12,19H2,1H3. The van der Waals surface area contributed by atoms with E-state index in [9.17, 15) is 4.79 Å². The van der Waals surface area contributed by atoms with Gasteiger partial charge in [-0.15, -0.1) is 11.3 Å². The highest BCUT2D eigenvalue weighted by Gasteiger charge is 2.25. The molecule has 7 heteroatoms. The van der Waals surface area contributed by atoms with Crippen LogP contribution in [0.5, 0.6) is 0 Å². The Morgan fingerprint density at radius 2 is 2.28 bits per heavy atom. The highest BCUT2D eigenvalue weighted by atomic mass is 32.1. The number of thiophene rings is 1. The summed E-state index contributed by atoms with van der Waals surface area (Å²) >= 11 is 1.58. The second kappa shape index (κ2) is 8.60. The van der Waals surface area contributed by atoms with E-state index in [0.29, 0.717) is 25.5 Å². The quantitative estimate of drug-likeness (QED) is 0.765. The first kappa shape index (κ1) is 18.1. The Kier molecular flexibility index (Phi) is 6.23. The largest absolute Gasteiger partial charge is 0.440 e. The van der Waals surface area contributed by atoms with E-state index < -0.39 is 0 Å². The smallest absolute Gasteiger partial charge is 0.236 e. The minimum Gasteiger partial charge on any atom is -0.440 e. The van der Waals surface area contributed by atoms with Gasteiger partial charge in [0.15, 0.2) is 0 Å². The van der Waals surface area contributed by atoms with E-state index >= 15 is 0 Å². The Labute approximate surface area is 152 Å². The zero-order valence-electron chi connectivity index (χ0n) is 14.6. The van der Waals surface area contributed by atoms with Crippen LogP contribution in [0.1, 0.15) is 30.7 Å². The molecule has 0 aromatic carbocycles. The molecule has 25 heavy (non-hydrogen) atoms. The number of ether oxygens (including phenoxy) is 1. The fourth-order valence-electron chi connectivity index (χ4n) is 2.96. The summed E-state index contributed by atoms with van der Waals surface area (Å²) in [5.41, 5.74) is 6.21. The molecule has 1 aliphatic rings. The van der Waals surface area contributed by atoms with Crippen LogP contribution in [0.3, 0.4) is 0 Å². The third-order valence-corrected chi connectivity index (χ3v) is 5.30. The van der Waals surface area contributed by atoms with Crippen LogP contribution < -0.4 is 5.73 Å². The Hall–Kier alpha value is -1.70. The predicted octanol–water partition coefficient (Wildman–Crippen LogP) is 2.61. The second-order valence-electron chi connectivity index (χ2n) is 6.27. The Balaban J connectivity index is 1.52. The summed E-state index contributed by atoms with van der Waals surface area (Å²) in [7, 11) is 0. The Bertz CT molecular complexity index is 676. The number of likely N-dealkylation sites (tertiary alicyclic amines) is 1. The van der Waals surface area contributed by atoms with Gasteiger partial charge in [-0.05, 0) is 44.2 Å². The lowest BCUT2D eigenvalue weighted by molar-refractivity contribution is -0.133. The third kappa shape index (κ3) is 4.68. The van der Waals surface area contributed by atoms with E-state index in [2.05, 4.69) is 4.98 Å². The van der Waals surface area contributed by atoms with Gasteiger partial charge in [0.1, 0.15) is 5.76 Å². The number of aryl methyl sites for hydroxylation is 1. The molecule has 0 spiro atoms. The maximum atomic E-state index is 12.6. The number of aromatic nitrogens is 1. The number of rotatable bonds is 7. The van der Waals surface area contributed by atoms with Crippen molar-refractivity contribution >= 4 is 17.2 Å². The number of hydrogen-bond acceptors (Lipinski definition) is 6. The SMILES string of the molecule is Cc1oc(-c2cccs2)nc1CC(=O)N1CCC(OCCCN)CC1. The van der Waals surface area contributed by atoms with E-state index in [1.165, 1.54) is 0 Å². The summed E-state index contributed by atoms with van der Waals surface area (Å²) in [6, 6.07) is 3.93. The number of nitrogens with two attached hydrogens (primary N) is 1. The molecular formula is C18H25N3O3S. The van der Waals surface area contributed by atoms with Crippen LogP contribution in [0.2, 0.25) is 0 Å². The molecule has 0 bridgehead atoms. The Morgan fingerprint density at radius 3 is 2.96 bits per heavy atom. The second-order valence-corrected chi connectivity index (χ2v) is 7.22. The van der Waals surface area contributed by atoms with Gasteiger partial charge in [-0.3, -0.25) is 4.79 Å². The summed E-state index contributed by atoms with van der Waals surface area (Å²) in [6.45, 7) is 4.70. The topological polar surface area (TPSA) is 81.6 Å². The van der Waals surface area contributed by atoms with E-state index in [-0.39, 0.29) is 12.0 Å². The van der Waals surface area contributed by atoms with Crippen molar-refractivity contribution in [1.82, 2.24) is 9.88 Å². The minimum atomic E-state index is 0.106. The van der Waals surface area contributed by atoms with Crippen LogP contribution >= 0.6 is 11.3 Å². The van der Waals surface area contributed by atoms with Crippen molar-refractivity contribution in [3.05, 3.63) is 29.0 Å². The van der Waals surface area contributed by atoms with Crippen molar-refractivity contribution in [1.29, 1.82) is 0 Å². The fraction of sp³-hybridized carbons (Fsp3) is 0.556. The first-order valence-corrected chi connectivity index (χ1v) is 9.65. The normalized spacial score (nSPS) is 15.7. The van der Waals surface area contributed by atoms with Crippen molar-refractivity contribution < 1.29 is 13.9 Å². The lowest BCUT2D eigenvalue weighted by Gasteiger charge is -2.32. The van der Waals surface area contributed by atoms with Gasteiger partial charge in [0.05, 0.1) is 23.1 Å². The summed E-state index contributed by atoms with van der Waals surface area (Å²) in [5.74, 6) is 1.42. The molecule has 2 N–H and O–H groups in total. The van der Waals surface area contributed by atoms with Crippen molar-refractivity contribution in [3.8, 4) is 10.8 Å². The lowest BCUT2D eigenvalue weighted by Crippen LogP contribution is -2.41. The molecule has 1 aliphatic heterocycles. The average Bonchev–Trinajstić information content (AvgIpc) is 3.26. The third-order valence-electron chi connectivity index (χ3n) is 4.44. The summed E-state index contributed by atoms with van der Waals surface area (Å²) in [6.07, 6.45) is 3.19. The predicted molar refractivity (Wildman–Crippen MR) is 97.5 cm³/mol. The molecule has 2 aromatic rings. The number of nitrogens with zero attached hydrogens (tertiary/aromatic N) is 2. The number of carbonyl (C=O) groups excluding carboxylic acids is 1. The molecule has 1 saturated heterocycles. The number of hydrogen-bond donors (Lipinski definition) is 1. The van der Waals surface area contributed by atoms with E-state index in [0.717, 1.165) is 48.7 Å². The highest BCUT2D eigenvalue weighted by molar-refractivity contribution is 7.13. The molecule has 6 nitrogen and oxygen atoms in total. The maximum absolute atomic E-state index is 12.6. The van der Waals surface area contributed by atoms with Crippen LogP contribution in [0.25, 0.3) is 10.8 Å². The molecule has 0 unspecified atom stereocenters. The number of piperidine rings is 1. The summed E-state index contributed by atoms with van der Waals surface area (Å²) in [4.78, 5) is 20.0. The minimum absolute atomic E-state index is 0.106. The van der Waals surface area contributed by atoms with Crippen molar-refractivity contribution in [2.24, 2.45) is 5.73 Å². The first-order valence-electron chi connectivity index (χ1n) is 8.77. The maximum Gasteiger partial charge on any atom is 0.236 e. The van der Waals surface area contributed by atoms with Crippen molar-refractivity contribution in [3.63, 3.8) is 0 Å². The highest BCUT2D eigenvalue weighted by Crippen LogP contribution is 2.26. The van der Waals surface area contributed by atoms with Gasteiger partial charge in [-0.2, -0.15) is 0 Å². The van der Waals surface area contributed by atoms with Gasteiger partial charge in [-0.25, -0.2) is 4.98 Å². The van der Waals surface area contributed by atoms with Gasteiger partial charge >= 0.3 is 0 Å². The molecule has 1 fully saturated rings. The molecule has 136 valence electrons. The zero-order valence-corrected chi connectivity index (χ0v) is 15.4. The molecule has 3 rings (SSSR count).